The molecule has 0 radical (unpaired) electrons. The van der Waals surface area contributed by atoms with Crippen molar-refractivity contribution in [2.75, 3.05) is 23.9 Å². The molecule has 1 heterocycles. The van der Waals surface area contributed by atoms with Crippen LogP contribution in [0.5, 0.6) is 0 Å². The topological polar surface area (TPSA) is 70.9 Å². The summed E-state index contributed by atoms with van der Waals surface area (Å²) in [4.78, 5) is 11.3. The Labute approximate surface area is 108 Å². The molecule has 0 aliphatic carbocycles. The van der Waals surface area contributed by atoms with Crippen LogP contribution in [0.25, 0.3) is 0 Å². The van der Waals surface area contributed by atoms with Gasteiger partial charge in [0, 0.05) is 12.3 Å². The number of aromatic nitrogens is 3. The van der Waals surface area contributed by atoms with Gasteiger partial charge in [0.05, 0.1) is 5.60 Å². The predicted octanol–water partition coefficient (Wildman–Crippen LogP) is 1.70. The average Bonchev–Trinajstić information content (AvgIpc) is 2.13. The van der Waals surface area contributed by atoms with E-state index in [1.165, 1.54) is 0 Å². The first-order valence-electron chi connectivity index (χ1n) is 4.45. The second kappa shape index (κ2) is 5.86. The fraction of sp³-hybridized carbons (Fsp3) is 0.625. The van der Waals surface area contributed by atoms with E-state index in [1.807, 2.05) is 6.26 Å². The van der Waals surface area contributed by atoms with Crippen molar-refractivity contribution in [1.82, 2.24) is 15.0 Å². The van der Waals surface area contributed by atoms with Gasteiger partial charge in [-0.3, -0.25) is 0 Å². The van der Waals surface area contributed by atoms with Crippen LogP contribution in [-0.2, 0) is 0 Å². The van der Waals surface area contributed by atoms with E-state index in [0.717, 1.165) is 0 Å². The molecule has 16 heavy (non-hydrogen) atoms. The first kappa shape index (κ1) is 13.8. The number of nitrogens with zero attached hydrogens (tertiary/aromatic N) is 3. The number of nitrogens with one attached hydrogen (secondary N) is 1. The lowest BCUT2D eigenvalue weighted by Gasteiger charge is -2.22. The van der Waals surface area contributed by atoms with Gasteiger partial charge in [0.15, 0.2) is 0 Å². The van der Waals surface area contributed by atoms with Gasteiger partial charge in [-0.25, -0.2) is 0 Å². The van der Waals surface area contributed by atoms with Crippen LogP contribution < -0.4 is 5.32 Å². The number of anilines is 1. The Hall–Kier alpha value is -0.300. The van der Waals surface area contributed by atoms with Crippen LogP contribution in [-0.4, -0.2) is 44.2 Å². The average molecular weight is 283 g/mol. The van der Waals surface area contributed by atoms with Gasteiger partial charge in [0.25, 0.3) is 0 Å². The lowest BCUT2D eigenvalue weighted by atomic mass is 10.1. The molecule has 0 saturated carbocycles. The summed E-state index contributed by atoms with van der Waals surface area (Å²) in [6.45, 7) is 2.03. The molecule has 0 fully saturated rings. The van der Waals surface area contributed by atoms with E-state index in [-0.39, 0.29) is 16.5 Å². The highest BCUT2D eigenvalue weighted by atomic mass is 35.5. The second-order valence-corrected chi connectivity index (χ2v) is 5.02. The Kier molecular flexibility index (Phi) is 5.04. The van der Waals surface area contributed by atoms with Crippen LogP contribution in [0.3, 0.4) is 0 Å². The van der Waals surface area contributed by atoms with Crippen LogP contribution in [0.2, 0.25) is 10.6 Å². The minimum absolute atomic E-state index is 0.0204. The molecule has 1 aromatic heterocycles. The van der Waals surface area contributed by atoms with E-state index in [1.54, 1.807) is 18.7 Å². The lowest BCUT2D eigenvalue weighted by Crippen LogP contribution is -2.36. The Balaban J connectivity index is 2.60. The second-order valence-electron chi connectivity index (χ2n) is 3.48. The highest BCUT2D eigenvalue weighted by molar-refractivity contribution is 7.98. The van der Waals surface area contributed by atoms with Gasteiger partial charge in [-0.05, 0) is 36.4 Å². The van der Waals surface area contributed by atoms with Crippen molar-refractivity contribution in [3.8, 4) is 0 Å². The van der Waals surface area contributed by atoms with E-state index < -0.39 is 5.60 Å². The smallest absolute Gasteiger partial charge is 0.228 e. The third-order valence-electron chi connectivity index (χ3n) is 1.66. The van der Waals surface area contributed by atoms with E-state index in [9.17, 15) is 5.11 Å². The maximum absolute atomic E-state index is 9.89. The van der Waals surface area contributed by atoms with Crippen LogP contribution in [0.15, 0.2) is 0 Å². The van der Waals surface area contributed by atoms with Gasteiger partial charge in [-0.15, -0.1) is 0 Å². The van der Waals surface area contributed by atoms with Gasteiger partial charge in [0.1, 0.15) is 0 Å². The summed E-state index contributed by atoms with van der Waals surface area (Å²) in [5.74, 6) is 0.860. The first-order chi connectivity index (χ1) is 7.43. The van der Waals surface area contributed by atoms with Crippen molar-refractivity contribution in [2.24, 2.45) is 0 Å². The Bertz CT molecular complexity index is 344. The Morgan fingerprint density at radius 3 is 2.38 bits per heavy atom. The molecule has 0 aromatic carbocycles. The summed E-state index contributed by atoms with van der Waals surface area (Å²) in [6.07, 6.45) is 1.92. The Morgan fingerprint density at radius 1 is 1.31 bits per heavy atom. The van der Waals surface area contributed by atoms with Gasteiger partial charge in [0.2, 0.25) is 16.5 Å². The van der Waals surface area contributed by atoms with Crippen LogP contribution in [0.4, 0.5) is 5.95 Å². The van der Waals surface area contributed by atoms with Crippen molar-refractivity contribution in [3.63, 3.8) is 0 Å². The number of rotatable bonds is 5. The summed E-state index contributed by atoms with van der Waals surface area (Å²) in [5.41, 5.74) is -0.842. The van der Waals surface area contributed by atoms with Crippen molar-refractivity contribution in [2.45, 2.75) is 12.5 Å². The van der Waals surface area contributed by atoms with Gasteiger partial charge in [-0.2, -0.15) is 26.7 Å². The summed E-state index contributed by atoms with van der Waals surface area (Å²) in [6, 6.07) is 0. The SMILES string of the molecule is CSCC(C)(O)CNc1nc(Cl)nc(Cl)n1. The maximum Gasteiger partial charge on any atom is 0.228 e. The first-order valence-corrected chi connectivity index (χ1v) is 6.60. The molecule has 0 aliphatic rings. The summed E-state index contributed by atoms with van der Waals surface area (Å²) < 4.78 is 0. The molecule has 1 unspecified atom stereocenters. The highest BCUT2D eigenvalue weighted by Gasteiger charge is 2.19. The molecular weight excluding hydrogens is 271 g/mol. The minimum atomic E-state index is -0.842. The van der Waals surface area contributed by atoms with Crippen molar-refractivity contribution >= 4 is 40.9 Å². The number of thioether (sulfide) groups is 1. The molecule has 90 valence electrons. The summed E-state index contributed by atoms with van der Waals surface area (Å²) in [7, 11) is 0. The fourth-order valence-electron chi connectivity index (χ4n) is 1.04. The lowest BCUT2D eigenvalue weighted by molar-refractivity contribution is 0.0995. The van der Waals surface area contributed by atoms with Crippen molar-refractivity contribution in [1.29, 1.82) is 0 Å². The zero-order valence-corrected chi connectivity index (χ0v) is 11.2. The molecular formula is C8H12Cl2N4OS. The zero-order valence-electron chi connectivity index (χ0n) is 8.87. The molecule has 1 aromatic rings. The normalized spacial score (nSPS) is 14.6. The number of hydrogen-bond acceptors (Lipinski definition) is 6. The highest BCUT2D eigenvalue weighted by Crippen LogP contribution is 2.13. The van der Waals surface area contributed by atoms with Crippen molar-refractivity contribution < 1.29 is 5.11 Å². The molecule has 0 saturated heterocycles. The standard InChI is InChI=1S/C8H12Cl2N4OS/c1-8(15,4-16-2)3-11-7-13-5(9)12-6(10)14-7/h15H,3-4H2,1-2H3,(H,11,12,13,14). The van der Waals surface area contributed by atoms with E-state index >= 15 is 0 Å². The van der Waals surface area contributed by atoms with E-state index in [0.29, 0.717) is 12.3 Å². The zero-order chi connectivity index (χ0) is 12.2. The van der Waals surface area contributed by atoms with Crippen LogP contribution in [0, 0.1) is 0 Å². The molecule has 1 rings (SSSR count). The van der Waals surface area contributed by atoms with Crippen molar-refractivity contribution in [3.05, 3.63) is 10.6 Å². The molecule has 0 amide bonds. The van der Waals surface area contributed by atoms with Gasteiger partial charge >= 0.3 is 0 Å². The molecule has 0 spiro atoms. The molecule has 0 aliphatic heterocycles. The third-order valence-corrected chi connectivity index (χ3v) is 2.91. The quantitative estimate of drug-likeness (QED) is 0.857. The van der Waals surface area contributed by atoms with Crippen LogP contribution >= 0.6 is 35.0 Å². The molecule has 1 atom stereocenters. The van der Waals surface area contributed by atoms with Gasteiger partial charge in [-0.1, -0.05) is 0 Å². The molecule has 5 nitrogen and oxygen atoms in total. The number of hydrogen-bond donors (Lipinski definition) is 2. The third kappa shape index (κ3) is 4.69. The molecule has 2 N–H and O–H groups in total. The fourth-order valence-corrected chi connectivity index (χ4v) is 2.12. The predicted molar refractivity (Wildman–Crippen MR) is 67.3 cm³/mol. The monoisotopic (exact) mass is 282 g/mol. The summed E-state index contributed by atoms with van der Waals surface area (Å²) >= 11 is 12.8. The number of aliphatic hydroxyl groups is 1. The van der Waals surface area contributed by atoms with Gasteiger partial charge < -0.3 is 10.4 Å². The summed E-state index contributed by atoms with van der Waals surface area (Å²) in [5, 5.41) is 12.8. The largest absolute Gasteiger partial charge is 0.387 e. The van der Waals surface area contributed by atoms with E-state index in [2.05, 4.69) is 20.3 Å². The van der Waals surface area contributed by atoms with Crippen LogP contribution in [0.1, 0.15) is 6.92 Å². The number of halogens is 2. The Morgan fingerprint density at radius 2 is 1.88 bits per heavy atom. The minimum Gasteiger partial charge on any atom is -0.387 e. The molecule has 8 heteroatoms. The van der Waals surface area contributed by atoms with E-state index in [4.69, 9.17) is 23.2 Å². The maximum atomic E-state index is 9.89. The molecule has 0 bridgehead atoms.